The molecule has 2 rings (SSSR count). The van der Waals surface area contributed by atoms with Gasteiger partial charge in [-0.25, -0.2) is 4.98 Å². The molecule has 0 saturated heterocycles. The van der Waals surface area contributed by atoms with E-state index in [2.05, 4.69) is 30.9 Å². The highest BCUT2D eigenvalue weighted by Crippen LogP contribution is 2.20. The Bertz CT molecular complexity index is 525. The zero-order chi connectivity index (χ0) is 14.4. The van der Waals surface area contributed by atoms with E-state index in [0.717, 1.165) is 48.8 Å². The second-order valence-corrected chi connectivity index (χ2v) is 5.07. The first kappa shape index (κ1) is 14.9. The number of pyridine rings is 1. The van der Waals surface area contributed by atoms with Gasteiger partial charge in [-0.1, -0.05) is 13.3 Å². The van der Waals surface area contributed by atoms with Crippen LogP contribution in [-0.2, 0) is 18.8 Å². The highest BCUT2D eigenvalue weighted by molar-refractivity contribution is 6.17. The Morgan fingerprint density at radius 3 is 2.75 bits per heavy atom. The van der Waals surface area contributed by atoms with Crippen LogP contribution >= 0.6 is 11.6 Å². The molecule has 0 aliphatic rings. The van der Waals surface area contributed by atoms with Crippen molar-refractivity contribution >= 4 is 17.4 Å². The van der Waals surface area contributed by atoms with Gasteiger partial charge in [-0.3, -0.25) is 0 Å². The molecule has 0 saturated carbocycles. The number of nitrogens with zero attached hydrogens (tertiary/aromatic N) is 2. The molecule has 0 atom stereocenters. The van der Waals surface area contributed by atoms with E-state index < -0.39 is 0 Å². The third-order valence-electron chi connectivity index (χ3n) is 3.22. The second kappa shape index (κ2) is 7.34. The van der Waals surface area contributed by atoms with E-state index in [9.17, 15) is 0 Å². The quantitative estimate of drug-likeness (QED) is 0.709. The molecule has 3 nitrogen and oxygen atoms in total. The van der Waals surface area contributed by atoms with E-state index in [1.165, 1.54) is 0 Å². The SMILES string of the molecule is CCCc1cc(CCl)cc(N(CC)Cc2ccco2)n1. The molecule has 108 valence electrons. The highest BCUT2D eigenvalue weighted by Gasteiger charge is 2.11. The fourth-order valence-corrected chi connectivity index (χ4v) is 2.36. The third-order valence-corrected chi connectivity index (χ3v) is 3.53. The molecule has 2 heterocycles. The summed E-state index contributed by atoms with van der Waals surface area (Å²) in [7, 11) is 0. The van der Waals surface area contributed by atoms with Gasteiger partial charge in [0.25, 0.3) is 0 Å². The van der Waals surface area contributed by atoms with E-state index >= 15 is 0 Å². The van der Waals surface area contributed by atoms with Gasteiger partial charge in [-0.05, 0) is 43.2 Å². The predicted molar refractivity (Wildman–Crippen MR) is 83.2 cm³/mol. The number of anilines is 1. The Kier molecular flexibility index (Phi) is 5.48. The molecule has 0 unspecified atom stereocenters. The fraction of sp³-hybridized carbons (Fsp3) is 0.438. The van der Waals surface area contributed by atoms with E-state index in [1.54, 1.807) is 6.26 Å². The molecule has 0 aromatic carbocycles. The van der Waals surface area contributed by atoms with E-state index in [-0.39, 0.29) is 0 Å². The van der Waals surface area contributed by atoms with Crippen molar-refractivity contribution in [3.8, 4) is 0 Å². The van der Waals surface area contributed by atoms with Gasteiger partial charge in [-0.15, -0.1) is 11.6 Å². The fourth-order valence-electron chi connectivity index (χ4n) is 2.20. The molecule has 2 aromatic rings. The predicted octanol–water partition coefficient (Wildman–Crippen LogP) is 4.39. The van der Waals surface area contributed by atoms with Crippen molar-refractivity contribution in [3.63, 3.8) is 0 Å². The average Bonchev–Trinajstić information content (AvgIpc) is 2.97. The van der Waals surface area contributed by atoms with Crippen LogP contribution in [0.15, 0.2) is 34.9 Å². The van der Waals surface area contributed by atoms with Crippen LogP contribution in [0.1, 0.15) is 37.3 Å². The van der Waals surface area contributed by atoms with Gasteiger partial charge < -0.3 is 9.32 Å². The Morgan fingerprint density at radius 1 is 1.30 bits per heavy atom. The number of alkyl halides is 1. The lowest BCUT2D eigenvalue weighted by molar-refractivity contribution is 0.502. The Labute approximate surface area is 125 Å². The van der Waals surface area contributed by atoms with Crippen molar-refractivity contribution in [3.05, 3.63) is 47.5 Å². The molecule has 0 aliphatic carbocycles. The summed E-state index contributed by atoms with van der Waals surface area (Å²) in [5.41, 5.74) is 2.23. The molecular formula is C16H21ClN2O. The standard InChI is InChI=1S/C16H21ClN2O/c1-3-6-14-9-13(11-17)10-16(18-14)19(4-2)12-15-7-5-8-20-15/h5,7-10H,3-4,6,11-12H2,1-2H3. The lowest BCUT2D eigenvalue weighted by Crippen LogP contribution is -2.23. The summed E-state index contributed by atoms with van der Waals surface area (Å²) in [6, 6.07) is 8.06. The van der Waals surface area contributed by atoms with Crippen LogP contribution in [-0.4, -0.2) is 11.5 Å². The minimum atomic E-state index is 0.518. The summed E-state index contributed by atoms with van der Waals surface area (Å²) in [6.45, 7) is 5.89. The van der Waals surface area contributed by atoms with Gasteiger partial charge in [0.2, 0.25) is 0 Å². The number of rotatable bonds is 7. The van der Waals surface area contributed by atoms with Crippen molar-refractivity contribution in [2.24, 2.45) is 0 Å². The minimum Gasteiger partial charge on any atom is -0.467 e. The molecule has 0 aliphatic heterocycles. The van der Waals surface area contributed by atoms with E-state index in [1.807, 2.05) is 12.1 Å². The molecule has 4 heteroatoms. The second-order valence-electron chi connectivity index (χ2n) is 4.80. The third kappa shape index (κ3) is 3.76. The van der Waals surface area contributed by atoms with Crippen LogP contribution in [0.2, 0.25) is 0 Å². The largest absolute Gasteiger partial charge is 0.467 e. The lowest BCUT2D eigenvalue weighted by atomic mass is 10.1. The summed E-state index contributed by atoms with van der Waals surface area (Å²) in [5.74, 6) is 2.44. The summed E-state index contributed by atoms with van der Waals surface area (Å²) in [4.78, 5) is 6.95. The van der Waals surface area contributed by atoms with Crippen LogP contribution in [0, 0.1) is 0 Å². The van der Waals surface area contributed by atoms with Crippen LogP contribution < -0.4 is 4.90 Å². The van der Waals surface area contributed by atoms with Gasteiger partial charge in [0.1, 0.15) is 11.6 Å². The van der Waals surface area contributed by atoms with Gasteiger partial charge in [-0.2, -0.15) is 0 Å². The Morgan fingerprint density at radius 2 is 2.15 bits per heavy atom. The molecule has 2 aromatic heterocycles. The van der Waals surface area contributed by atoms with Crippen molar-refractivity contribution in [1.82, 2.24) is 4.98 Å². The molecule has 20 heavy (non-hydrogen) atoms. The van der Waals surface area contributed by atoms with Crippen LogP contribution in [0.4, 0.5) is 5.82 Å². The molecular weight excluding hydrogens is 272 g/mol. The summed E-state index contributed by atoms with van der Waals surface area (Å²) in [6.07, 6.45) is 3.77. The van der Waals surface area contributed by atoms with Gasteiger partial charge in [0, 0.05) is 18.1 Å². The Balaban J connectivity index is 2.25. The Hall–Kier alpha value is -1.48. The van der Waals surface area contributed by atoms with Gasteiger partial charge >= 0.3 is 0 Å². The van der Waals surface area contributed by atoms with E-state index in [4.69, 9.17) is 21.0 Å². The van der Waals surface area contributed by atoms with Crippen molar-refractivity contribution in [1.29, 1.82) is 0 Å². The summed E-state index contributed by atoms with van der Waals surface area (Å²) >= 11 is 6.00. The first-order valence-corrected chi connectivity index (χ1v) is 7.63. The zero-order valence-corrected chi connectivity index (χ0v) is 12.9. The number of aryl methyl sites for hydroxylation is 1. The van der Waals surface area contributed by atoms with Crippen LogP contribution in [0.25, 0.3) is 0 Å². The molecule has 0 bridgehead atoms. The molecule has 0 radical (unpaired) electrons. The number of hydrogen-bond acceptors (Lipinski definition) is 3. The summed E-state index contributed by atoms with van der Waals surface area (Å²) < 4.78 is 5.43. The van der Waals surface area contributed by atoms with Crippen molar-refractivity contribution in [2.45, 2.75) is 39.1 Å². The molecule has 0 N–H and O–H groups in total. The maximum Gasteiger partial charge on any atom is 0.129 e. The maximum absolute atomic E-state index is 6.00. The number of furan rings is 1. The minimum absolute atomic E-state index is 0.518. The first-order chi connectivity index (χ1) is 9.76. The van der Waals surface area contributed by atoms with Crippen molar-refractivity contribution in [2.75, 3.05) is 11.4 Å². The van der Waals surface area contributed by atoms with Gasteiger partial charge in [0.15, 0.2) is 0 Å². The van der Waals surface area contributed by atoms with Crippen molar-refractivity contribution < 1.29 is 4.42 Å². The molecule has 0 spiro atoms. The average molecular weight is 293 g/mol. The topological polar surface area (TPSA) is 29.3 Å². The molecule has 0 fully saturated rings. The van der Waals surface area contributed by atoms with E-state index in [0.29, 0.717) is 5.88 Å². The van der Waals surface area contributed by atoms with Gasteiger partial charge in [0.05, 0.1) is 12.8 Å². The first-order valence-electron chi connectivity index (χ1n) is 7.10. The normalized spacial score (nSPS) is 10.8. The highest BCUT2D eigenvalue weighted by atomic mass is 35.5. The monoisotopic (exact) mass is 292 g/mol. The summed E-state index contributed by atoms with van der Waals surface area (Å²) in [5, 5.41) is 0. The smallest absolute Gasteiger partial charge is 0.129 e. The molecule has 0 amide bonds. The number of aromatic nitrogens is 1. The van der Waals surface area contributed by atoms with Crippen LogP contribution in [0.5, 0.6) is 0 Å². The maximum atomic E-state index is 6.00. The van der Waals surface area contributed by atoms with Crippen LogP contribution in [0.3, 0.4) is 0 Å². The number of hydrogen-bond donors (Lipinski definition) is 0. The number of halogens is 1. The lowest BCUT2D eigenvalue weighted by Gasteiger charge is -2.22. The zero-order valence-electron chi connectivity index (χ0n) is 12.1.